The minimum atomic E-state index is -0.470. The molecular weight excluding hydrogens is 321 g/mol. The zero-order valence-corrected chi connectivity index (χ0v) is 12.9. The van der Waals surface area contributed by atoms with E-state index in [1.807, 2.05) is 0 Å². The second kappa shape index (κ2) is 7.97. The van der Waals surface area contributed by atoms with Crippen LogP contribution < -0.4 is 10.1 Å². The fourth-order valence-corrected chi connectivity index (χ4v) is 2.12. The lowest BCUT2D eigenvalue weighted by molar-refractivity contribution is 0.309. The molecule has 18 heavy (non-hydrogen) atoms. The van der Waals surface area contributed by atoms with Crippen molar-refractivity contribution in [3.8, 4) is 5.75 Å². The van der Waals surface area contributed by atoms with Crippen molar-refractivity contribution in [3.05, 3.63) is 27.4 Å². The van der Waals surface area contributed by atoms with Crippen LogP contribution >= 0.6 is 27.5 Å². The van der Waals surface area contributed by atoms with Crippen molar-refractivity contribution >= 4 is 27.5 Å². The Labute approximate surface area is 121 Å². The molecule has 5 heteroatoms. The highest BCUT2D eigenvalue weighted by Gasteiger charge is 2.07. The first-order valence-electron chi connectivity index (χ1n) is 5.98. The van der Waals surface area contributed by atoms with Gasteiger partial charge in [-0.3, -0.25) is 0 Å². The molecule has 0 aromatic heterocycles. The van der Waals surface area contributed by atoms with Gasteiger partial charge in [-0.25, -0.2) is 4.39 Å². The summed E-state index contributed by atoms with van der Waals surface area (Å²) in [6.45, 7) is 6.58. The fourth-order valence-electron chi connectivity index (χ4n) is 1.36. The Balaban J connectivity index is 2.29. The van der Waals surface area contributed by atoms with Crippen LogP contribution in [0.15, 0.2) is 16.6 Å². The molecule has 0 saturated carbocycles. The van der Waals surface area contributed by atoms with Gasteiger partial charge in [0.2, 0.25) is 0 Å². The summed E-state index contributed by atoms with van der Waals surface area (Å²) in [5.41, 5.74) is 0. The minimum Gasteiger partial charge on any atom is -0.491 e. The number of ether oxygens (including phenoxy) is 1. The summed E-state index contributed by atoms with van der Waals surface area (Å²) in [5, 5.41) is 3.36. The van der Waals surface area contributed by atoms with E-state index in [0.717, 1.165) is 19.5 Å². The molecule has 102 valence electrons. The van der Waals surface area contributed by atoms with E-state index in [2.05, 4.69) is 35.1 Å². The summed E-state index contributed by atoms with van der Waals surface area (Å²) in [4.78, 5) is 0. The molecule has 0 aliphatic carbocycles. The Bertz CT molecular complexity index is 387. The van der Waals surface area contributed by atoms with E-state index in [1.54, 1.807) is 0 Å². The van der Waals surface area contributed by atoms with Crippen molar-refractivity contribution in [2.24, 2.45) is 5.92 Å². The van der Waals surface area contributed by atoms with Gasteiger partial charge in [-0.1, -0.05) is 25.4 Å². The molecule has 1 rings (SSSR count). The van der Waals surface area contributed by atoms with Crippen molar-refractivity contribution in [3.63, 3.8) is 0 Å². The topological polar surface area (TPSA) is 21.3 Å². The minimum absolute atomic E-state index is 0.0873. The molecule has 0 saturated heterocycles. The number of rotatable bonds is 7. The number of nitrogens with one attached hydrogen (secondary N) is 1. The monoisotopic (exact) mass is 337 g/mol. The van der Waals surface area contributed by atoms with E-state index in [9.17, 15) is 4.39 Å². The van der Waals surface area contributed by atoms with Crippen LogP contribution in [0.2, 0.25) is 5.02 Å². The Hall–Kier alpha value is -0.320. The standard InChI is InChI=1S/C13H18BrClFNO/c1-9(2)3-4-17-5-6-18-13-8-12(16)11(15)7-10(13)14/h7-9,17H,3-6H2,1-2H3. The van der Waals surface area contributed by atoms with Gasteiger partial charge in [-0.15, -0.1) is 0 Å². The Kier molecular flexibility index (Phi) is 6.97. The molecule has 0 aliphatic rings. The normalized spacial score (nSPS) is 11.0. The van der Waals surface area contributed by atoms with Crippen molar-refractivity contribution in [1.29, 1.82) is 0 Å². The third kappa shape index (κ3) is 5.55. The highest BCUT2D eigenvalue weighted by Crippen LogP contribution is 2.30. The van der Waals surface area contributed by atoms with Crippen LogP contribution in [0.4, 0.5) is 4.39 Å². The third-order valence-corrected chi connectivity index (χ3v) is 3.32. The maximum atomic E-state index is 13.2. The smallest absolute Gasteiger partial charge is 0.145 e. The van der Waals surface area contributed by atoms with Crippen LogP contribution in [-0.2, 0) is 0 Å². The summed E-state index contributed by atoms with van der Waals surface area (Å²) in [5.74, 6) is 0.697. The summed E-state index contributed by atoms with van der Waals surface area (Å²) >= 11 is 8.93. The van der Waals surface area contributed by atoms with Crippen molar-refractivity contribution in [2.45, 2.75) is 20.3 Å². The first-order chi connectivity index (χ1) is 8.50. The SMILES string of the molecule is CC(C)CCNCCOc1cc(F)c(Cl)cc1Br. The van der Waals surface area contributed by atoms with Gasteiger partial charge in [-0.2, -0.15) is 0 Å². The van der Waals surface area contributed by atoms with Gasteiger partial charge in [0.05, 0.1) is 9.50 Å². The average molecular weight is 339 g/mol. The molecule has 0 radical (unpaired) electrons. The number of benzene rings is 1. The van der Waals surface area contributed by atoms with Gasteiger partial charge in [0.15, 0.2) is 0 Å². The maximum Gasteiger partial charge on any atom is 0.145 e. The maximum absolute atomic E-state index is 13.2. The average Bonchev–Trinajstić information content (AvgIpc) is 2.29. The highest BCUT2D eigenvalue weighted by atomic mass is 79.9. The van der Waals surface area contributed by atoms with Crippen LogP contribution in [0.25, 0.3) is 0 Å². The Morgan fingerprint density at radius 2 is 2.11 bits per heavy atom. The third-order valence-electron chi connectivity index (χ3n) is 2.41. The van der Waals surface area contributed by atoms with Crippen LogP contribution in [-0.4, -0.2) is 19.7 Å². The van der Waals surface area contributed by atoms with Gasteiger partial charge in [0, 0.05) is 12.6 Å². The number of hydrogen-bond acceptors (Lipinski definition) is 2. The number of halogens is 3. The largest absolute Gasteiger partial charge is 0.491 e. The molecule has 0 unspecified atom stereocenters. The van der Waals surface area contributed by atoms with Crippen molar-refractivity contribution < 1.29 is 9.13 Å². The quantitative estimate of drug-likeness (QED) is 0.592. The lowest BCUT2D eigenvalue weighted by atomic mass is 10.1. The summed E-state index contributed by atoms with van der Waals surface area (Å²) < 4.78 is 19.4. The molecular formula is C13H18BrClFNO. The van der Waals surface area contributed by atoms with Crippen LogP contribution in [0, 0.1) is 11.7 Å². The van der Waals surface area contributed by atoms with Gasteiger partial charge in [-0.05, 0) is 40.9 Å². The zero-order valence-electron chi connectivity index (χ0n) is 10.6. The number of hydrogen-bond donors (Lipinski definition) is 1. The lowest BCUT2D eigenvalue weighted by Gasteiger charge is -2.10. The molecule has 0 bridgehead atoms. The van der Waals surface area contributed by atoms with E-state index in [-0.39, 0.29) is 5.02 Å². The lowest BCUT2D eigenvalue weighted by Crippen LogP contribution is -2.23. The Morgan fingerprint density at radius 1 is 1.39 bits per heavy atom. The van der Waals surface area contributed by atoms with Crippen molar-refractivity contribution in [2.75, 3.05) is 19.7 Å². The van der Waals surface area contributed by atoms with E-state index in [0.29, 0.717) is 22.7 Å². The van der Waals surface area contributed by atoms with Gasteiger partial charge >= 0.3 is 0 Å². The van der Waals surface area contributed by atoms with E-state index >= 15 is 0 Å². The molecule has 0 aliphatic heterocycles. The van der Waals surface area contributed by atoms with E-state index in [1.165, 1.54) is 12.1 Å². The van der Waals surface area contributed by atoms with Crippen LogP contribution in [0.3, 0.4) is 0 Å². The van der Waals surface area contributed by atoms with Gasteiger partial charge in [0.1, 0.15) is 18.2 Å². The summed E-state index contributed by atoms with van der Waals surface area (Å²) in [6, 6.07) is 2.79. The first-order valence-corrected chi connectivity index (χ1v) is 7.16. The van der Waals surface area contributed by atoms with Gasteiger partial charge < -0.3 is 10.1 Å². The highest BCUT2D eigenvalue weighted by molar-refractivity contribution is 9.10. The Morgan fingerprint density at radius 3 is 2.78 bits per heavy atom. The van der Waals surface area contributed by atoms with Crippen LogP contribution in [0.5, 0.6) is 5.75 Å². The summed E-state index contributed by atoms with van der Waals surface area (Å²) in [6.07, 6.45) is 1.14. The molecule has 1 aromatic rings. The molecule has 0 fully saturated rings. The molecule has 2 nitrogen and oxygen atoms in total. The van der Waals surface area contributed by atoms with E-state index < -0.39 is 5.82 Å². The predicted molar refractivity (Wildman–Crippen MR) is 76.9 cm³/mol. The molecule has 1 aromatic carbocycles. The first kappa shape index (κ1) is 15.7. The van der Waals surface area contributed by atoms with Crippen LogP contribution in [0.1, 0.15) is 20.3 Å². The molecule has 0 spiro atoms. The molecule has 0 heterocycles. The second-order valence-corrected chi connectivity index (χ2v) is 5.74. The predicted octanol–water partition coefficient (Wildman–Crippen LogP) is 4.26. The van der Waals surface area contributed by atoms with E-state index in [4.69, 9.17) is 16.3 Å². The molecule has 0 amide bonds. The van der Waals surface area contributed by atoms with Crippen molar-refractivity contribution in [1.82, 2.24) is 5.32 Å². The summed E-state index contributed by atoms with van der Waals surface area (Å²) in [7, 11) is 0. The second-order valence-electron chi connectivity index (χ2n) is 4.48. The zero-order chi connectivity index (χ0) is 13.5. The molecule has 1 N–H and O–H groups in total. The van der Waals surface area contributed by atoms with Gasteiger partial charge in [0.25, 0.3) is 0 Å². The fraction of sp³-hybridized carbons (Fsp3) is 0.538. The molecule has 0 atom stereocenters.